The van der Waals surface area contributed by atoms with Crippen LogP contribution < -0.4 is 11.1 Å². The van der Waals surface area contributed by atoms with Crippen LogP contribution in [0.25, 0.3) is 0 Å². The normalized spacial score (nSPS) is 32.8. The molecule has 0 radical (unpaired) electrons. The van der Waals surface area contributed by atoms with Gasteiger partial charge in [0.25, 0.3) is 0 Å². The summed E-state index contributed by atoms with van der Waals surface area (Å²) in [5.41, 5.74) is 4.50. The summed E-state index contributed by atoms with van der Waals surface area (Å²) < 4.78 is 5.39. The molecule has 4 nitrogen and oxygen atoms in total. The molecule has 76 valence electrons. The van der Waals surface area contributed by atoms with Gasteiger partial charge in [-0.3, -0.25) is 10.1 Å². The van der Waals surface area contributed by atoms with Crippen molar-refractivity contribution in [2.75, 3.05) is 13.2 Å². The summed E-state index contributed by atoms with van der Waals surface area (Å²) in [5.74, 6) is -0.331. The molecule has 13 heavy (non-hydrogen) atoms. The smallest absolute Gasteiger partial charge is 0.240 e. The quantitative estimate of drug-likeness (QED) is 0.639. The molecule has 1 amide bonds. The lowest BCUT2D eigenvalue weighted by Gasteiger charge is -2.43. The molecule has 0 aromatic rings. The summed E-state index contributed by atoms with van der Waals surface area (Å²) in [5, 5.41) is 3.26. The van der Waals surface area contributed by atoms with Gasteiger partial charge in [-0.15, -0.1) is 0 Å². The number of nitrogens with one attached hydrogen (secondary N) is 1. The lowest BCUT2D eigenvalue weighted by molar-refractivity contribution is -0.133. The second kappa shape index (κ2) is 3.27. The highest BCUT2D eigenvalue weighted by Gasteiger charge is 2.43. The number of rotatable bonds is 2. The molecule has 1 atom stereocenters. The zero-order valence-corrected chi connectivity index (χ0v) is 8.52. The van der Waals surface area contributed by atoms with Gasteiger partial charge in [-0.2, -0.15) is 0 Å². The number of hydrogen-bond donors (Lipinski definition) is 2. The molecule has 1 heterocycles. The molecule has 0 bridgehead atoms. The van der Waals surface area contributed by atoms with Crippen LogP contribution in [0.3, 0.4) is 0 Å². The zero-order valence-electron chi connectivity index (χ0n) is 8.52. The van der Waals surface area contributed by atoms with Crippen LogP contribution in [-0.4, -0.2) is 30.2 Å². The van der Waals surface area contributed by atoms with Crippen LogP contribution in [0, 0.1) is 0 Å². The maximum Gasteiger partial charge on any atom is 0.240 e. The number of ether oxygens (including phenoxy) is 1. The van der Waals surface area contributed by atoms with Gasteiger partial charge in [0.15, 0.2) is 0 Å². The SMILES string of the molecule is CCC1(C(N)=O)COCC(C)(C)N1. The predicted molar refractivity (Wildman–Crippen MR) is 50.3 cm³/mol. The summed E-state index contributed by atoms with van der Waals surface area (Å²) in [7, 11) is 0. The molecule has 1 aliphatic heterocycles. The van der Waals surface area contributed by atoms with Crippen LogP contribution in [0.5, 0.6) is 0 Å². The Morgan fingerprint density at radius 2 is 2.15 bits per heavy atom. The van der Waals surface area contributed by atoms with Gasteiger partial charge in [-0.05, 0) is 20.3 Å². The maximum absolute atomic E-state index is 11.3. The molecule has 1 fully saturated rings. The highest BCUT2D eigenvalue weighted by atomic mass is 16.5. The Morgan fingerprint density at radius 3 is 2.46 bits per heavy atom. The van der Waals surface area contributed by atoms with E-state index in [1.165, 1.54) is 0 Å². The van der Waals surface area contributed by atoms with Crippen molar-refractivity contribution in [2.45, 2.75) is 38.3 Å². The van der Waals surface area contributed by atoms with Gasteiger partial charge in [0.05, 0.1) is 13.2 Å². The molecule has 0 saturated carbocycles. The van der Waals surface area contributed by atoms with E-state index in [9.17, 15) is 4.79 Å². The first-order valence-electron chi connectivity index (χ1n) is 4.59. The van der Waals surface area contributed by atoms with Gasteiger partial charge in [-0.25, -0.2) is 0 Å². The number of primary amides is 1. The Labute approximate surface area is 78.8 Å². The van der Waals surface area contributed by atoms with E-state index in [2.05, 4.69) is 5.32 Å². The molecule has 0 aromatic heterocycles. The second-order valence-electron chi connectivity index (χ2n) is 4.30. The van der Waals surface area contributed by atoms with Gasteiger partial charge in [-0.1, -0.05) is 6.92 Å². The van der Waals surface area contributed by atoms with Gasteiger partial charge in [0.2, 0.25) is 5.91 Å². The lowest BCUT2D eigenvalue weighted by Crippen LogP contribution is -2.68. The largest absolute Gasteiger partial charge is 0.377 e. The van der Waals surface area contributed by atoms with Gasteiger partial charge in [0, 0.05) is 5.54 Å². The fraction of sp³-hybridized carbons (Fsp3) is 0.889. The molecule has 1 rings (SSSR count). The van der Waals surface area contributed by atoms with Crippen LogP contribution in [0.1, 0.15) is 27.2 Å². The second-order valence-corrected chi connectivity index (χ2v) is 4.30. The first kappa shape index (κ1) is 10.5. The van der Waals surface area contributed by atoms with E-state index in [1.807, 2.05) is 20.8 Å². The minimum atomic E-state index is -0.679. The third kappa shape index (κ3) is 2.00. The van der Waals surface area contributed by atoms with Gasteiger partial charge >= 0.3 is 0 Å². The zero-order chi connectivity index (χ0) is 10.1. The van der Waals surface area contributed by atoms with Crippen LogP contribution in [0.2, 0.25) is 0 Å². The van der Waals surface area contributed by atoms with E-state index in [0.717, 1.165) is 0 Å². The highest BCUT2D eigenvalue weighted by Crippen LogP contribution is 2.21. The van der Waals surface area contributed by atoms with Crippen molar-refractivity contribution < 1.29 is 9.53 Å². The van der Waals surface area contributed by atoms with E-state index in [0.29, 0.717) is 19.6 Å². The van der Waals surface area contributed by atoms with Crippen molar-refractivity contribution in [3.63, 3.8) is 0 Å². The van der Waals surface area contributed by atoms with Crippen molar-refractivity contribution in [1.82, 2.24) is 5.32 Å². The van der Waals surface area contributed by atoms with Crippen LogP contribution in [-0.2, 0) is 9.53 Å². The predicted octanol–water partition coefficient (Wildman–Crippen LogP) is 0.0189. The first-order valence-corrected chi connectivity index (χ1v) is 4.59. The molecular weight excluding hydrogens is 168 g/mol. The monoisotopic (exact) mass is 186 g/mol. The number of nitrogens with two attached hydrogens (primary N) is 1. The summed E-state index contributed by atoms with van der Waals surface area (Å²) in [6, 6.07) is 0. The molecule has 0 aliphatic carbocycles. The number of morpholine rings is 1. The number of carbonyl (C=O) groups excluding carboxylic acids is 1. The summed E-state index contributed by atoms with van der Waals surface area (Å²) >= 11 is 0. The maximum atomic E-state index is 11.3. The van der Waals surface area contributed by atoms with E-state index >= 15 is 0 Å². The third-order valence-electron chi connectivity index (χ3n) is 2.46. The number of hydrogen-bond acceptors (Lipinski definition) is 3. The number of amides is 1. The fourth-order valence-electron chi connectivity index (χ4n) is 1.70. The Balaban J connectivity index is 2.82. The molecule has 1 aliphatic rings. The van der Waals surface area contributed by atoms with E-state index in [-0.39, 0.29) is 11.4 Å². The van der Waals surface area contributed by atoms with Crippen molar-refractivity contribution in [2.24, 2.45) is 5.73 Å². The molecule has 4 heteroatoms. The van der Waals surface area contributed by atoms with Gasteiger partial charge < -0.3 is 10.5 Å². The lowest BCUT2D eigenvalue weighted by atomic mass is 9.89. The van der Waals surface area contributed by atoms with Crippen LogP contribution in [0.15, 0.2) is 0 Å². The Kier molecular flexibility index (Phi) is 2.63. The third-order valence-corrected chi connectivity index (χ3v) is 2.46. The highest BCUT2D eigenvalue weighted by molar-refractivity contribution is 5.85. The Hall–Kier alpha value is -0.610. The molecular formula is C9H18N2O2. The molecule has 0 aromatic carbocycles. The minimum absolute atomic E-state index is 0.177. The Bertz CT molecular complexity index is 216. The van der Waals surface area contributed by atoms with Crippen LogP contribution >= 0.6 is 0 Å². The van der Waals surface area contributed by atoms with E-state index < -0.39 is 5.54 Å². The van der Waals surface area contributed by atoms with Gasteiger partial charge in [0.1, 0.15) is 5.54 Å². The summed E-state index contributed by atoms with van der Waals surface area (Å²) in [6.45, 7) is 6.92. The molecule has 0 spiro atoms. The summed E-state index contributed by atoms with van der Waals surface area (Å²) in [4.78, 5) is 11.3. The van der Waals surface area contributed by atoms with Crippen molar-refractivity contribution >= 4 is 5.91 Å². The van der Waals surface area contributed by atoms with Crippen molar-refractivity contribution in [3.05, 3.63) is 0 Å². The molecule has 3 N–H and O–H groups in total. The fourth-order valence-corrected chi connectivity index (χ4v) is 1.70. The van der Waals surface area contributed by atoms with Crippen LogP contribution in [0.4, 0.5) is 0 Å². The van der Waals surface area contributed by atoms with E-state index in [4.69, 9.17) is 10.5 Å². The Morgan fingerprint density at radius 1 is 1.54 bits per heavy atom. The van der Waals surface area contributed by atoms with Crippen molar-refractivity contribution in [3.8, 4) is 0 Å². The molecule has 1 unspecified atom stereocenters. The van der Waals surface area contributed by atoms with E-state index in [1.54, 1.807) is 0 Å². The topological polar surface area (TPSA) is 64.4 Å². The average molecular weight is 186 g/mol. The summed E-state index contributed by atoms with van der Waals surface area (Å²) in [6.07, 6.45) is 0.658. The minimum Gasteiger partial charge on any atom is -0.377 e. The van der Waals surface area contributed by atoms with Crippen molar-refractivity contribution in [1.29, 1.82) is 0 Å². The average Bonchev–Trinajstić information content (AvgIpc) is 2.02. The first-order chi connectivity index (χ1) is 5.92. The standard InChI is InChI=1S/C9H18N2O2/c1-4-9(7(10)12)6-13-5-8(2,3)11-9/h11H,4-6H2,1-3H3,(H2,10,12). The molecule has 1 saturated heterocycles. The number of carbonyl (C=O) groups is 1.